The Kier molecular flexibility index (Phi) is 5.49. The molecule has 2 fully saturated rings. The molecule has 174 valence electrons. The minimum absolute atomic E-state index is 0.102. The number of tetrazole rings is 1. The fourth-order valence-electron chi connectivity index (χ4n) is 5.60. The third-order valence-electron chi connectivity index (χ3n) is 7.27. The van der Waals surface area contributed by atoms with Gasteiger partial charge in [-0.15, -0.1) is 5.10 Å². The summed E-state index contributed by atoms with van der Waals surface area (Å²) in [5, 5.41) is 13.9. The van der Waals surface area contributed by atoms with Crippen molar-refractivity contribution in [3.05, 3.63) is 39.9 Å². The van der Waals surface area contributed by atoms with Crippen molar-refractivity contribution in [3.63, 3.8) is 0 Å². The van der Waals surface area contributed by atoms with Crippen LogP contribution < -0.4 is 15.0 Å². The van der Waals surface area contributed by atoms with Gasteiger partial charge in [0.05, 0.1) is 11.6 Å². The molecular weight excluding hydrogens is 420 g/mol. The smallest absolute Gasteiger partial charge is 0.253 e. The van der Waals surface area contributed by atoms with Crippen LogP contribution in [-0.2, 0) is 0 Å². The lowest BCUT2D eigenvalue weighted by molar-refractivity contribution is 0.172. The fraction of sp³-hybridized carbons (Fsp3) is 0.583. The number of aromatic nitrogens is 5. The minimum Gasteiger partial charge on any atom is -0.486 e. The molecule has 1 unspecified atom stereocenters. The second-order valence-electron chi connectivity index (χ2n) is 9.41. The van der Waals surface area contributed by atoms with Gasteiger partial charge in [0.15, 0.2) is 17.3 Å². The fourth-order valence-corrected chi connectivity index (χ4v) is 5.60. The van der Waals surface area contributed by atoms with Gasteiger partial charge in [0.2, 0.25) is 0 Å². The molecule has 1 aliphatic carbocycles. The average Bonchev–Trinajstić information content (AvgIpc) is 3.46. The molecule has 4 heterocycles. The molecule has 9 nitrogen and oxygen atoms in total. The Morgan fingerprint density at radius 3 is 2.42 bits per heavy atom. The van der Waals surface area contributed by atoms with Crippen LogP contribution in [0, 0.1) is 0 Å². The normalized spacial score (nSPS) is 20.7. The molecule has 0 amide bonds. The number of ether oxygens (including phenoxy) is 2. The first kappa shape index (κ1) is 20.7. The van der Waals surface area contributed by atoms with E-state index in [1.807, 2.05) is 22.9 Å². The average molecular weight is 451 g/mol. The van der Waals surface area contributed by atoms with Gasteiger partial charge in [-0.2, -0.15) is 0 Å². The second kappa shape index (κ2) is 8.78. The van der Waals surface area contributed by atoms with Crippen molar-refractivity contribution in [2.75, 3.05) is 26.3 Å². The van der Waals surface area contributed by atoms with Crippen LogP contribution in [0.3, 0.4) is 0 Å². The van der Waals surface area contributed by atoms with Gasteiger partial charge in [-0.1, -0.05) is 25.7 Å². The van der Waals surface area contributed by atoms with E-state index in [9.17, 15) is 4.79 Å². The number of likely N-dealkylation sites (tertiary alicyclic amines) is 1. The number of rotatable bonds is 4. The van der Waals surface area contributed by atoms with Gasteiger partial charge >= 0.3 is 0 Å². The van der Waals surface area contributed by atoms with Crippen LogP contribution in [0.25, 0.3) is 10.9 Å². The van der Waals surface area contributed by atoms with Crippen molar-refractivity contribution < 1.29 is 9.47 Å². The van der Waals surface area contributed by atoms with E-state index in [1.165, 1.54) is 25.7 Å². The molecule has 1 N–H and O–H groups in total. The number of pyridine rings is 1. The van der Waals surface area contributed by atoms with Gasteiger partial charge < -0.3 is 14.5 Å². The maximum Gasteiger partial charge on any atom is 0.253 e. The number of nitrogens with one attached hydrogen (secondary N) is 1. The Hall–Kier alpha value is -2.94. The summed E-state index contributed by atoms with van der Waals surface area (Å²) in [7, 11) is 0. The zero-order chi connectivity index (χ0) is 22.2. The Bertz CT molecular complexity index is 1190. The van der Waals surface area contributed by atoms with Crippen molar-refractivity contribution >= 4 is 10.9 Å². The Morgan fingerprint density at radius 2 is 1.67 bits per heavy atom. The van der Waals surface area contributed by atoms with Crippen molar-refractivity contribution in [1.82, 2.24) is 30.1 Å². The summed E-state index contributed by atoms with van der Waals surface area (Å²) in [6, 6.07) is 5.85. The lowest BCUT2D eigenvalue weighted by Crippen LogP contribution is -2.36. The highest BCUT2D eigenvalue weighted by Gasteiger charge is 2.33. The number of benzene rings is 1. The van der Waals surface area contributed by atoms with E-state index in [-0.39, 0.29) is 11.6 Å². The van der Waals surface area contributed by atoms with Gasteiger partial charge in [-0.25, -0.2) is 4.68 Å². The van der Waals surface area contributed by atoms with Crippen LogP contribution in [-0.4, -0.2) is 56.4 Å². The molecule has 1 saturated heterocycles. The van der Waals surface area contributed by atoms with Crippen LogP contribution in [0.1, 0.15) is 74.8 Å². The van der Waals surface area contributed by atoms with Gasteiger partial charge in [-0.05, 0) is 61.3 Å². The maximum atomic E-state index is 13.5. The molecule has 3 aliphatic rings. The zero-order valence-electron chi connectivity index (χ0n) is 18.8. The van der Waals surface area contributed by atoms with E-state index < -0.39 is 0 Å². The molecule has 3 aromatic rings. The van der Waals surface area contributed by atoms with Crippen molar-refractivity contribution in [1.29, 1.82) is 0 Å². The highest BCUT2D eigenvalue weighted by Crippen LogP contribution is 2.37. The number of fused-ring (bicyclic) bond motifs is 2. The first-order valence-electron chi connectivity index (χ1n) is 12.3. The summed E-state index contributed by atoms with van der Waals surface area (Å²) in [5.41, 5.74) is 1.34. The summed E-state index contributed by atoms with van der Waals surface area (Å²) in [5.74, 6) is 2.17. The van der Waals surface area contributed by atoms with E-state index in [0.29, 0.717) is 36.3 Å². The summed E-state index contributed by atoms with van der Waals surface area (Å²) < 4.78 is 13.5. The number of hydrogen-bond acceptors (Lipinski definition) is 7. The SMILES string of the molecule is O=c1[nH]c2cc3c(cc2cc1C(c1nnnn1C1CCCC1)N1CCCCCC1)OCCO3. The molecule has 0 spiro atoms. The molecular formula is C24H30N6O3. The van der Waals surface area contributed by atoms with E-state index in [2.05, 4.69) is 25.4 Å². The van der Waals surface area contributed by atoms with E-state index in [0.717, 1.165) is 55.5 Å². The number of H-pyrrole nitrogens is 1. The first-order chi connectivity index (χ1) is 16.3. The highest BCUT2D eigenvalue weighted by atomic mass is 16.6. The molecule has 0 radical (unpaired) electrons. The van der Waals surface area contributed by atoms with Crippen molar-refractivity contribution in [2.45, 2.75) is 63.5 Å². The predicted octanol–water partition coefficient (Wildman–Crippen LogP) is 3.37. The van der Waals surface area contributed by atoms with Gasteiger partial charge in [-0.3, -0.25) is 9.69 Å². The van der Waals surface area contributed by atoms with Gasteiger partial charge in [0, 0.05) is 17.0 Å². The lowest BCUT2D eigenvalue weighted by atomic mass is 10.0. The monoisotopic (exact) mass is 450 g/mol. The third kappa shape index (κ3) is 3.88. The van der Waals surface area contributed by atoms with Gasteiger partial charge in [0.1, 0.15) is 19.3 Å². The predicted molar refractivity (Wildman–Crippen MR) is 123 cm³/mol. The molecule has 2 aromatic heterocycles. The topological polar surface area (TPSA) is 98.2 Å². The summed E-state index contributed by atoms with van der Waals surface area (Å²) in [6.45, 7) is 2.91. The summed E-state index contributed by atoms with van der Waals surface area (Å²) in [6.07, 6.45) is 9.23. The maximum absolute atomic E-state index is 13.5. The van der Waals surface area contributed by atoms with Gasteiger partial charge in [0.25, 0.3) is 5.56 Å². The Balaban J connectivity index is 1.49. The third-order valence-corrected chi connectivity index (χ3v) is 7.27. The lowest BCUT2D eigenvalue weighted by Gasteiger charge is -2.30. The van der Waals surface area contributed by atoms with Crippen LogP contribution in [0.4, 0.5) is 0 Å². The zero-order valence-corrected chi connectivity index (χ0v) is 18.8. The number of nitrogens with zero attached hydrogens (tertiary/aromatic N) is 5. The van der Waals surface area contributed by atoms with Crippen LogP contribution in [0.5, 0.6) is 11.5 Å². The molecule has 9 heteroatoms. The van der Waals surface area contributed by atoms with E-state index >= 15 is 0 Å². The standard InChI is InChI=1S/C24H30N6O3/c31-24-18(13-16-14-20-21(15-19(16)25-24)33-12-11-32-20)22(29-9-5-1-2-6-10-29)23-26-27-28-30(23)17-7-3-4-8-17/h13-15,17,22H,1-12H2,(H,25,31). The summed E-state index contributed by atoms with van der Waals surface area (Å²) in [4.78, 5) is 19.0. The van der Waals surface area contributed by atoms with Crippen LogP contribution in [0.2, 0.25) is 0 Å². The quantitative estimate of drug-likeness (QED) is 0.651. The van der Waals surface area contributed by atoms with E-state index in [1.54, 1.807) is 0 Å². The molecule has 1 atom stereocenters. The molecule has 1 saturated carbocycles. The highest BCUT2D eigenvalue weighted by molar-refractivity contribution is 5.83. The number of aromatic amines is 1. The Morgan fingerprint density at radius 1 is 0.939 bits per heavy atom. The summed E-state index contributed by atoms with van der Waals surface area (Å²) >= 11 is 0. The second-order valence-corrected chi connectivity index (χ2v) is 9.41. The van der Waals surface area contributed by atoms with Crippen LogP contribution in [0.15, 0.2) is 23.0 Å². The molecule has 0 bridgehead atoms. The molecule has 6 rings (SSSR count). The Labute approximate surface area is 192 Å². The minimum atomic E-state index is -0.278. The van der Waals surface area contributed by atoms with Crippen LogP contribution >= 0.6 is 0 Å². The largest absolute Gasteiger partial charge is 0.486 e. The van der Waals surface area contributed by atoms with Crippen molar-refractivity contribution in [2.24, 2.45) is 0 Å². The molecule has 2 aliphatic heterocycles. The number of hydrogen-bond donors (Lipinski definition) is 1. The first-order valence-corrected chi connectivity index (χ1v) is 12.3. The van der Waals surface area contributed by atoms with Crippen molar-refractivity contribution in [3.8, 4) is 11.5 Å². The molecule has 33 heavy (non-hydrogen) atoms. The molecule has 1 aromatic carbocycles. The van der Waals surface area contributed by atoms with E-state index in [4.69, 9.17) is 9.47 Å².